The van der Waals surface area contributed by atoms with E-state index in [4.69, 9.17) is 0 Å². The normalized spacial score (nSPS) is 17.6. The van der Waals surface area contributed by atoms with Gasteiger partial charge in [0.15, 0.2) is 0 Å². The predicted octanol–water partition coefficient (Wildman–Crippen LogP) is 4.05. The van der Waals surface area contributed by atoms with Crippen LogP contribution in [0.4, 0.5) is 14.9 Å². The highest BCUT2D eigenvalue weighted by Gasteiger charge is 2.22. The number of urea groups is 1. The number of thiazole rings is 1. The van der Waals surface area contributed by atoms with Gasteiger partial charge in [0.2, 0.25) is 0 Å². The minimum Gasteiger partial charge on any atom is -0.369 e. The van der Waals surface area contributed by atoms with Gasteiger partial charge in [0.25, 0.3) is 0 Å². The van der Waals surface area contributed by atoms with Crippen molar-refractivity contribution in [3.05, 3.63) is 46.2 Å². The summed E-state index contributed by atoms with van der Waals surface area (Å²) in [6.45, 7) is 8.35. The van der Waals surface area contributed by atoms with Gasteiger partial charge in [-0.3, -0.25) is 0 Å². The Hall–Kier alpha value is -2.15. The maximum atomic E-state index is 13.5. The van der Waals surface area contributed by atoms with Crippen LogP contribution >= 0.6 is 11.3 Å². The largest absolute Gasteiger partial charge is 0.369 e. The second-order valence-corrected chi connectivity index (χ2v) is 8.84. The fourth-order valence-electron chi connectivity index (χ4n) is 3.14. The van der Waals surface area contributed by atoms with E-state index in [1.54, 1.807) is 17.4 Å². The zero-order chi connectivity index (χ0) is 19.4. The van der Waals surface area contributed by atoms with Gasteiger partial charge in [-0.2, -0.15) is 0 Å². The maximum Gasteiger partial charge on any atom is 0.315 e. The number of anilines is 1. The number of aromatic nitrogens is 1. The fraction of sp³-hybridized carbons (Fsp3) is 0.500. The molecular formula is C20H27FN4OS. The smallest absolute Gasteiger partial charge is 0.315 e. The summed E-state index contributed by atoms with van der Waals surface area (Å²) in [4.78, 5) is 19.0. The molecule has 2 heterocycles. The molecule has 0 aliphatic carbocycles. The number of hydrogen-bond acceptors (Lipinski definition) is 4. The molecule has 2 aromatic rings. The lowest BCUT2D eigenvalue weighted by Crippen LogP contribution is -2.50. The zero-order valence-corrected chi connectivity index (χ0v) is 16.9. The van der Waals surface area contributed by atoms with Gasteiger partial charge < -0.3 is 15.5 Å². The first-order valence-corrected chi connectivity index (χ1v) is 10.2. The van der Waals surface area contributed by atoms with E-state index in [2.05, 4.69) is 41.3 Å². The third-order valence-corrected chi connectivity index (χ3v) is 5.87. The van der Waals surface area contributed by atoms with E-state index >= 15 is 0 Å². The lowest BCUT2D eigenvalue weighted by atomic mass is 9.98. The van der Waals surface area contributed by atoms with Gasteiger partial charge in [-0.15, -0.1) is 11.3 Å². The first-order valence-electron chi connectivity index (χ1n) is 9.31. The lowest BCUT2D eigenvalue weighted by Gasteiger charge is -2.34. The number of carbonyl (C=O) groups is 1. The Kier molecular flexibility index (Phi) is 5.99. The van der Waals surface area contributed by atoms with Gasteiger partial charge in [0, 0.05) is 35.6 Å². The Bertz CT molecular complexity index is 786. The number of halogens is 1. The molecule has 146 valence electrons. The number of rotatable bonds is 4. The number of amides is 2. The Morgan fingerprint density at radius 1 is 1.41 bits per heavy atom. The average Bonchev–Trinajstić information content (AvgIpc) is 3.10. The number of nitrogens with one attached hydrogen (secondary N) is 2. The zero-order valence-electron chi connectivity index (χ0n) is 16.1. The summed E-state index contributed by atoms with van der Waals surface area (Å²) in [6.07, 6.45) is 1.88. The van der Waals surface area contributed by atoms with Crippen LogP contribution in [0.5, 0.6) is 0 Å². The summed E-state index contributed by atoms with van der Waals surface area (Å²) in [5.41, 5.74) is 1.76. The Labute approximate surface area is 164 Å². The van der Waals surface area contributed by atoms with Crippen molar-refractivity contribution in [3.63, 3.8) is 0 Å². The highest BCUT2D eigenvalue weighted by molar-refractivity contribution is 7.09. The topological polar surface area (TPSA) is 57.3 Å². The molecule has 0 radical (unpaired) electrons. The summed E-state index contributed by atoms with van der Waals surface area (Å²) in [5, 5.41) is 8.98. The second-order valence-electron chi connectivity index (χ2n) is 7.99. The predicted molar refractivity (Wildman–Crippen MR) is 108 cm³/mol. The van der Waals surface area contributed by atoms with Crippen LogP contribution in [0.3, 0.4) is 0 Å². The van der Waals surface area contributed by atoms with Crippen molar-refractivity contribution in [2.24, 2.45) is 0 Å². The third-order valence-electron chi connectivity index (χ3n) is 4.55. The molecule has 2 N–H and O–H groups in total. The number of carbonyl (C=O) groups excluding carboxylic acids is 1. The van der Waals surface area contributed by atoms with Crippen molar-refractivity contribution >= 4 is 23.1 Å². The van der Waals surface area contributed by atoms with Crippen LogP contribution in [0.25, 0.3) is 0 Å². The molecule has 1 unspecified atom stereocenters. The highest BCUT2D eigenvalue weighted by Crippen LogP contribution is 2.25. The SMILES string of the molecule is CC(C)(C)c1nc(CNC(=O)NC2CCCN(c3cccc(F)c3)C2)cs1. The number of hydrogen-bond donors (Lipinski definition) is 2. The molecule has 1 aromatic carbocycles. The van der Waals surface area contributed by atoms with Gasteiger partial charge in [0.1, 0.15) is 5.82 Å². The third kappa shape index (κ3) is 5.42. The van der Waals surface area contributed by atoms with Crippen molar-refractivity contribution in [1.29, 1.82) is 0 Å². The summed E-state index contributed by atoms with van der Waals surface area (Å²) < 4.78 is 13.5. The molecule has 1 aliphatic heterocycles. The Morgan fingerprint density at radius 2 is 2.22 bits per heavy atom. The molecule has 1 aliphatic rings. The van der Waals surface area contributed by atoms with E-state index in [-0.39, 0.29) is 23.3 Å². The van der Waals surface area contributed by atoms with Gasteiger partial charge in [0.05, 0.1) is 17.2 Å². The molecule has 0 spiro atoms. The van der Waals surface area contributed by atoms with Crippen molar-refractivity contribution < 1.29 is 9.18 Å². The van der Waals surface area contributed by atoms with E-state index in [1.807, 2.05) is 11.4 Å². The van der Waals surface area contributed by atoms with Crippen LogP contribution in [-0.2, 0) is 12.0 Å². The molecule has 0 saturated carbocycles. The average molecular weight is 391 g/mol. The molecule has 1 fully saturated rings. The second kappa shape index (κ2) is 8.25. The van der Waals surface area contributed by atoms with Gasteiger partial charge >= 0.3 is 6.03 Å². The summed E-state index contributed by atoms with van der Waals surface area (Å²) in [6, 6.07) is 6.46. The molecule has 27 heavy (non-hydrogen) atoms. The van der Waals surface area contributed by atoms with Crippen molar-refractivity contribution in [2.45, 2.75) is 51.6 Å². The maximum absolute atomic E-state index is 13.5. The van der Waals surface area contributed by atoms with E-state index in [0.29, 0.717) is 13.1 Å². The monoisotopic (exact) mass is 390 g/mol. The van der Waals surface area contributed by atoms with Crippen LogP contribution in [-0.4, -0.2) is 30.1 Å². The summed E-state index contributed by atoms with van der Waals surface area (Å²) in [7, 11) is 0. The molecular weight excluding hydrogens is 363 g/mol. The van der Waals surface area contributed by atoms with E-state index < -0.39 is 0 Å². The van der Waals surface area contributed by atoms with E-state index in [0.717, 1.165) is 35.8 Å². The molecule has 1 aromatic heterocycles. The van der Waals surface area contributed by atoms with E-state index in [1.165, 1.54) is 12.1 Å². The first kappa shape index (κ1) is 19.6. The molecule has 7 heteroatoms. The molecule has 2 amide bonds. The van der Waals surface area contributed by atoms with Gasteiger partial charge in [-0.1, -0.05) is 26.8 Å². The van der Waals surface area contributed by atoms with Gasteiger partial charge in [-0.25, -0.2) is 14.2 Å². The molecule has 1 atom stereocenters. The number of benzene rings is 1. The number of nitrogens with zero attached hydrogens (tertiary/aromatic N) is 2. The Morgan fingerprint density at radius 3 is 2.93 bits per heavy atom. The quantitative estimate of drug-likeness (QED) is 0.828. The van der Waals surface area contributed by atoms with Crippen molar-refractivity contribution in [2.75, 3.05) is 18.0 Å². The Balaban J connectivity index is 1.49. The van der Waals surface area contributed by atoms with Crippen molar-refractivity contribution in [3.8, 4) is 0 Å². The van der Waals surface area contributed by atoms with Crippen LogP contribution in [0, 0.1) is 5.82 Å². The van der Waals surface area contributed by atoms with Crippen LogP contribution in [0.1, 0.15) is 44.3 Å². The highest BCUT2D eigenvalue weighted by atomic mass is 32.1. The summed E-state index contributed by atoms with van der Waals surface area (Å²) >= 11 is 1.62. The molecule has 0 bridgehead atoms. The van der Waals surface area contributed by atoms with Crippen LogP contribution in [0.15, 0.2) is 29.6 Å². The fourth-order valence-corrected chi connectivity index (χ4v) is 4.05. The van der Waals surface area contributed by atoms with Crippen molar-refractivity contribution in [1.82, 2.24) is 15.6 Å². The van der Waals surface area contributed by atoms with Crippen LogP contribution < -0.4 is 15.5 Å². The standard InChI is InChI=1S/C20H27FN4OS/c1-20(2,3)18-23-16(13-27-18)11-22-19(26)24-15-7-5-9-25(12-15)17-8-4-6-14(21)10-17/h4,6,8,10,13,15H,5,7,9,11-12H2,1-3H3,(H2,22,24,26). The van der Waals surface area contributed by atoms with Gasteiger partial charge in [-0.05, 0) is 31.0 Å². The minimum absolute atomic E-state index is 0.0215. The van der Waals surface area contributed by atoms with Crippen LogP contribution in [0.2, 0.25) is 0 Å². The molecule has 5 nitrogen and oxygen atoms in total. The lowest BCUT2D eigenvalue weighted by molar-refractivity contribution is 0.234. The first-order chi connectivity index (χ1) is 12.8. The number of piperidine rings is 1. The summed E-state index contributed by atoms with van der Waals surface area (Å²) in [5.74, 6) is -0.238. The van der Waals surface area contributed by atoms with E-state index in [9.17, 15) is 9.18 Å². The molecule has 1 saturated heterocycles. The minimum atomic E-state index is -0.238. The molecule has 3 rings (SSSR count).